The van der Waals surface area contributed by atoms with Gasteiger partial charge in [0.15, 0.2) is 0 Å². The van der Waals surface area contributed by atoms with E-state index in [4.69, 9.17) is 11.6 Å². The Bertz CT molecular complexity index is 328. The van der Waals surface area contributed by atoms with Crippen LogP contribution >= 0.6 is 22.9 Å². The van der Waals surface area contributed by atoms with Gasteiger partial charge < -0.3 is 5.11 Å². The number of hydrogen-bond donors (Lipinski definition) is 0. The van der Waals surface area contributed by atoms with Gasteiger partial charge in [-0.25, -0.2) is 0 Å². The van der Waals surface area contributed by atoms with E-state index in [1.165, 1.54) is 11.3 Å². The molecule has 2 rings (SSSR count). The number of aromatic nitrogens is 1. The predicted octanol–water partition coefficient (Wildman–Crippen LogP) is -0.439. The summed E-state index contributed by atoms with van der Waals surface area (Å²) < 4.78 is 0. The number of pyridine rings is 1. The van der Waals surface area contributed by atoms with Crippen molar-refractivity contribution in [1.82, 2.24) is 4.98 Å². The van der Waals surface area contributed by atoms with Gasteiger partial charge in [-0.15, -0.1) is 0 Å². The second-order valence-electron chi connectivity index (χ2n) is 2.13. The summed E-state index contributed by atoms with van der Waals surface area (Å²) >= 11 is 6.90. The maximum Gasteiger partial charge on any atom is 1.00 e. The van der Waals surface area contributed by atoms with Crippen molar-refractivity contribution in [2.75, 3.05) is 0 Å². The van der Waals surface area contributed by atoms with Gasteiger partial charge in [0, 0.05) is 12.4 Å². The molecule has 2 aromatic heterocycles. The van der Waals surface area contributed by atoms with E-state index in [1.807, 2.05) is 0 Å². The topological polar surface area (TPSA) is 36.0 Å². The van der Waals surface area contributed by atoms with Crippen LogP contribution in [-0.2, 0) is 0 Å². The van der Waals surface area contributed by atoms with Crippen molar-refractivity contribution in [3.05, 3.63) is 46.4 Å². The summed E-state index contributed by atoms with van der Waals surface area (Å²) in [5.74, 6) is 0.111. The van der Waals surface area contributed by atoms with Gasteiger partial charge in [-0.3, -0.25) is 4.98 Å². The summed E-state index contributed by atoms with van der Waals surface area (Å²) in [6, 6.07) is 5.13. The van der Waals surface area contributed by atoms with E-state index in [-0.39, 0.29) is 35.3 Å². The molecule has 0 N–H and O–H groups in total. The fourth-order valence-electron chi connectivity index (χ4n) is 0.594. The van der Waals surface area contributed by atoms with Gasteiger partial charge in [-0.05, 0) is 22.9 Å². The third kappa shape index (κ3) is 6.40. The Balaban J connectivity index is 0.000000227. The molecule has 0 fully saturated rings. The minimum absolute atomic E-state index is 0. The third-order valence-electron chi connectivity index (χ3n) is 1.12. The number of hydrogen-bond acceptors (Lipinski definition) is 3. The van der Waals surface area contributed by atoms with E-state index >= 15 is 0 Å². The Hall–Kier alpha value is -0.0600. The van der Waals surface area contributed by atoms with Crippen LogP contribution in [0.3, 0.4) is 0 Å². The summed E-state index contributed by atoms with van der Waals surface area (Å²) in [5, 5.41) is 14.1. The molecule has 5 heteroatoms. The smallest absolute Gasteiger partial charge is 0.872 e. The zero-order valence-corrected chi connectivity index (χ0v) is 11.3. The van der Waals surface area contributed by atoms with Gasteiger partial charge in [0.1, 0.15) is 0 Å². The zero-order chi connectivity index (χ0) is 9.52. The summed E-state index contributed by atoms with van der Waals surface area (Å²) in [6.07, 6.45) is 3.29. The van der Waals surface area contributed by atoms with Crippen molar-refractivity contribution in [2.24, 2.45) is 0 Å². The minimum Gasteiger partial charge on any atom is -0.872 e. The fraction of sp³-hybridized carbons (Fsp3) is 0. The summed E-state index contributed by atoms with van der Waals surface area (Å²) in [5.41, 5.74) is 0. The summed E-state index contributed by atoms with van der Waals surface area (Å²) in [6.45, 7) is 0. The number of halogens is 1. The molecule has 68 valence electrons. The second-order valence-corrected chi connectivity index (χ2v) is 3.35. The molecule has 2 heterocycles. The number of nitrogens with zero attached hydrogens (tertiary/aromatic N) is 1. The Kier molecular flexibility index (Phi) is 8.23. The van der Waals surface area contributed by atoms with E-state index in [0.29, 0.717) is 5.02 Å². The second kappa shape index (κ2) is 8.26. The average Bonchev–Trinajstić information content (AvgIpc) is 2.58. The molecule has 2 nitrogen and oxygen atoms in total. The normalized spacial score (nSPS) is 8.07. The van der Waals surface area contributed by atoms with Crippen molar-refractivity contribution < 1.29 is 34.7 Å². The Morgan fingerprint density at radius 2 is 2.14 bits per heavy atom. The van der Waals surface area contributed by atoms with Crippen LogP contribution < -0.4 is 34.7 Å². The third-order valence-corrected chi connectivity index (χ3v) is 2.01. The molecule has 0 spiro atoms. The van der Waals surface area contributed by atoms with E-state index in [9.17, 15) is 5.11 Å². The Labute approximate surface area is 114 Å². The zero-order valence-electron chi connectivity index (χ0n) is 7.68. The van der Waals surface area contributed by atoms with Crippen LogP contribution in [0, 0.1) is 0 Å². The molecule has 0 bridgehead atoms. The fourth-order valence-corrected chi connectivity index (χ4v) is 1.23. The van der Waals surface area contributed by atoms with E-state index in [0.717, 1.165) is 0 Å². The molecule has 2 aromatic rings. The van der Waals surface area contributed by atoms with Crippen molar-refractivity contribution in [1.29, 1.82) is 0 Å². The van der Waals surface area contributed by atoms with Crippen molar-refractivity contribution in [3.63, 3.8) is 0 Å². The standard InChI is InChI=1S/C5H4ClN.C4H4OS.Na/c6-5-2-1-3-7-4-5;5-4-1-2-6-3-4;/h1-4H;1-3,5H;/q;;+1/p-1. The maximum atomic E-state index is 10.1. The molecule has 0 unspecified atom stereocenters. The molecule has 14 heavy (non-hydrogen) atoms. The van der Waals surface area contributed by atoms with E-state index in [2.05, 4.69) is 4.98 Å². The summed E-state index contributed by atoms with van der Waals surface area (Å²) in [4.78, 5) is 3.75. The molecule has 0 aliphatic rings. The van der Waals surface area contributed by atoms with E-state index < -0.39 is 0 Å². The quantitative estimate of drug-likeness (QED) is 0.581. The van der Waals surface area contributed by atoms with Gasteiger partial charge in [-0.2, -0.15) is 11.3 Å². The first-order chi connectivity index (χ1) is 6.29. The summed E-state index contributed by atoms with van der Waals surface area (Å²) in [7, 11) is 0. The van der Waals surface area contributed by atoms with Gasteiger partial charge >= 0.3 is 29.6 Å². The molecule has 0 radical (unpaired) electrons. The minimum atomic E-state index is 0. The van der Waals surface area contributed by atoms with Crippen molar-refractivity contribution >= 4 is 22.9 Å². The van der Waals surface area contributed by atoms with Gasteiger partial charge in [0.25, 0.3) is 0 Å². The van der Waals surface area contributed by atoms with Crippen molar-refractivity contribution in [3.8, 4) is 5.75 Å². The SMILES string of the molecule is Clc1cccnc1.[Na+].[O-]c1ccsc1. The molecule has 0 aromatic carbocycles. The predicted molar refractivity (Wildman–Crippen MR) is 53.0 cm³/mol. The molecule has 0 atom stereocenters. The van der Waals surface area contributed by atoms with Crippen LogP contribution in [0.5, 0.6) is 5.75 Å². The van der Waals surface area contributed by atoms with E-state index in [1.54, 1.807) is 41.4 Å². The van der Waals surface area contributed by atoms with Crippen LogP contribution in [0.15, 0.2) is 41.4 Å². The van der Waals surface area contributed by atoms with Crippen LogP contribution in [0.2, 0.25) is 5.02 Å². The molecular weight excluding hydrogens is 229 g/mol. The van der Waals surface area contributed by atoms with Crippen LogP contribution in [0.4, 0.5) is 0 Å². The number of thiophene rings is 1. The average molecular weight is 236 g/mol. The Morgan fingerprint density at radius 3 is 2.36 bits per heavy atom. The van der Waals surface area contributed by atoms with Crippen LogP contribution in [-0.4, -0.2) is 4.98 Å². The molecule has 0 aliphatic heterocycles. The van der Waals surface area contributed by atoms with Crippen LogP contribution in [0.25, 0.3) is 0 Å². The van der Waals surface area contributed by atoms with Gasteiger partial charge in [-0.1, -0.05) is 23.4 Å². The molecule has 0 aliphatic carbocycles. The monoisotopic (exact) mass is 235 g/mol. The Morgan fingerprint density at radius 1 is 1.36 bits per heavy atom. The molecular formula is C9H7ClNNaOS. The van der Waals surface area contributed by atoms with Crippen molar-refractivity contribution in [2.45, 2.75) is 0 Å². The van der Waals surface area contributed by atoms with Crippen LogP contribution in [0.1, 0.15) is 0 Å². The first-order valence-corrected chi connectivity index (χ1v) is 4.86. The first kappa shape index (κ1) is 13.9. The largest absolute Gasteiger partial charge is 1.00 e. The molecule has 0 saturated heterocycles. The molecule has 0 amide bonds. The first-order valence-electron chi connectivity index (χ1n) is 3.54. The van der Waals surface area contributed by atoms with Gasteiger partial charge in [0.2, 0.25) is 0 Å². The maximum absolute atomic E-state index is 10.1. The van der Waals surface area contributed by atoms with Gasteiger partial charge in [0.05, 0.1) is 5.02 Å². The number of rotatable bonds is 0. The molecule has 0 saturated carbocycles.